The van der Waals surface area contributed by atoms with Gasteiger partial charge in [-0.25, -0.2) is 0 Å². The van der Waals surface area contributed by atoms with Crippen LogP contribution in [0.4, 0.5) is 0 Å². The normalized spacial score (nSPS) is 17.4. The Balaban J connectivity index is 2.11. The highest BCUT2D eigenvalue weighted by Crippen LogP contribution is 2.33. The maximum atomic E-state index is 11.9. The summed E-state index contributed by atoms with van der Waals surface area (Å²) >= 11 is 0. The third-order valence-electron chi connectivity index (χ3n) is 3.26. The summed E-state index contributed by atoms with van der Waals surface area (Å²) in [7, 11) is 0. The average molecular weight is 220 g/mol. The molecule has 0 radical (unpaired) electrons. The van der Waals surface area contributed by atoms with Gasteiger partial charge in [0.05, 0.1) is 0 Å². The van der Waals surface area contributed by atoms with Crippen molar-refractivity contribution >= 4 is 0 Å². The van der Waals surface area contributed by atoms with Crippen LogP contribution in [0, 0.1) is 12.8 Å². The van der Waals surface area contributed by atoms with Gasteiger partial charge in [-0.15, -0.1) is 0 Å². The Morgan fingerprint density at radius 2 is 2.31 bits per heavy atom. The highest BCUT2D eigenvalue weighted by atomic mass is 16.1. The fraction of sp³-hybridized carbons (Fsp3) is 0.615. The van der Waals surface area contributed by atoms with Crippen LogP contribution < -0.4 is 10.9 Å². The van der Waals surface area contributed by atoms with Gasteiger partial charge in [-0.1, -0.05) is 13.0 Å². The molecular formula is C13H20N2O. The van der Waals surface area contributed by atoms with Crippen molar-refractivity contribution in [2.45, 2.75) is 39.3 Å². The summed E-state index contributed by atoms with van der Waals surface area (Å²) < 4.78 is 1.83. The zero-order valence-electron chi connectivity index (χ0n) is 10.1. The lowest BCUT2D eigenvalue weighted by atomic mass is 10.1. The van der Waals surface area contributed by atoms with Crippen LogP contribution in [-0.2, 0) is 6.54 Å². The van der Waals surface area contributed by atoms with Crippen molar-refractivity contribution in [2.75, 3.05) is 6.54 Å². The standard InChI is InChI=1S/C13H20N2O/c1-3-14-12(11-6-7-11)9-15-8-4-5-10(2)13(15)16/h4-5,8,11-12,14H,3,6-7,9H2,1-2H3. The third-order valence-corrected chi connectivity index (χ3v) is 3.26. The molecule has 1 N–H and O–H groups in total. The van der Waals surface area contributed by atoms with E-state index in [2.05, 4.69) is 12.2 Å². The maximum Gasteiger partial charge on any atom is 0.253 e. The van der Waals surface area contributed by atoms with Crippen LogP contribution in [0.5, 0.6) is 0 Å². The first-order valence-corrected chi connectivity index (χ1v) is 6.11. The molecule has 1 aromatic rings. The minimum Gasteiger partial charge on any atom is -0.314 e. The van der Waals surface area contributed by atoms with Gasteiger partial charge in [0.15, 0.2) is 0 Å². The monoisotopic (exact) mass is 220 g/mol. The second-order valence-electron chi connectivity index (χ2n) is 4.65. The molecule has 0 aliphatic heterocycles. The zero-order chi connectivity index (χ0) is 11.5. The molecule has 0 aromatic carbocycles. The van der Waals surface area contributed by atoms with E-state index in [9.17, 15) is 4.79 Å². The lowest BCUT2D eigenvalue weighted by Gasteiger charge is -2.18. The number of nitrogens with one attached hydrogen (secondary N) is 1. The van der Waals surface area contributed by atoms with E-state index >= 15 is 0 Å². The highest BCUT2D eigenvalue weighted by Gasteiger charge is 2.30. The predicted molar refractivity (Wildman–Crippen MR) is 65.6 cm³/mol. The molecule has 1 saturated carbocycles. The Kier molecular flexibility index (Phi) is 3.44. The lowest BCUT2D eigenvalue weighted by molar-refractivity contribution is 0.410. The van der Waals surface area contributed by atoms with E-state index in [1.54, 1.807) is 0 Å². The smallest absolute Gasteiger partial charge is 0.253 e. The first-order valence-electron chi connectivity index (χ1n) is 6.11. The van der Waals surface area contributed by atoms with E-state index in [0.717, 1.165) is 24.6 Å². The maximum absolute atomic E-state index is 11.9. The largest absolute Gasteiger partial charge is 0.314 e. The van der Waals surface area contributed by atoms with Crippen molar-refractivity contribution in [3.63, 3.8) is 0 Å². The number of hydrogen-bond donors (Lipinski definition) is 1. The Bertz CT molecular complexity index is 407. The van der Waals surface area contributed by atoms with Crippen LogP contribution in [0.2, 0.25) is 0 Å². The quantitative estimate of drug-likeness (QED) is 0.817. The van der Waals surface area contributed by atoms with E-state index < -0.39 is 0 Å². The number of aromatic nitrogens is 1. The van der Waals surface area contributed by atoms with E-state index in [1.807, 2.05) is 29.8 Å². The molecule has 1 aromatic heterocycles. The molecule has 2 rings (SSSR count). The number of pyridine rings is 1. The molecule has 1 aliphatic rings. The molecular weight excluding hydrogens is 200 g/mol. The topological polar surface area (TPSA) is 34.0 Å². The van der Waals surface area contributed by atoms with Gasteiger partial charge in [0.2, 0.25) is 0 Å². The van der Waals surface area contributed by atoms with Crippen molar-refractivity contribution in [2.24, 2.45) is 5.92 Å². The Labute approximate surface area is 96.5 Å². The van der Waals surface area contributed by atoms with Gasteiger partial charge >= 0.3 is 0 Å². The van der Waals surface area contributed by atoms with Gasteiger partial charge in [0.25, 0.3) is 5.56 Å². The van der Waals surface area contributed by atoms with Gasteiger partial charge in [-0.3, -0.25) is 4.79 Å². The molecule has 3 heteroatoms. The van der Waals surface area contributed by atoms with Crippen LogP contribution in [-0.4, -0.2) is 17.2 Å². The fourth-order valence-corrected chi connectivity index (χ4v) is 2.15. The summed E-state index contributed by atoms with van der Waals surface area (Å²) in [5.74, 6) is 0.771. The summed E-state index contributed by atoms with van der Waals surface area (Å²) in [6.07, 6.45) is 4.50. The van der Waals surface area contributed by atoms with Crippen LogP contribution in [0.1, 0.15) is 25.3 Å². The molecule has 1 heterocycles. The summed E-state index contributed by atoms with van der Waals surface area (Å²) in [5.41, 5.74) is 0.972. The van der Waals surface area contributed by atoms with Crippen molar-refractivity contribution in [3.8, 4) is 0 Å². The van der Waals surface area contributed by atoms with Gasteiger partial charge < -0.3 is 9.88 Å². The van der Waals surface area contributed by atoms with Crippen LogP contribution >= 0.6 is 0 Å². The van der Waals surface area contributed by atoms with Crippen LogP contribution in [0.15, 0.2) is 23.1 Å². The summed E-state index contributed by atoms with van der Waals surface area (Å²) in [6.45, 7) is 5.77. The minimum atomic E-state index is 0.144. The number of nitrogens with zero attached hydrogens (tertiary/aromatic N) is 1. The summed E-state index contributed by atoms with van der Waals surface area (Å²) in [4.78, 5) is 11.9. The molecule has 3 nitrogen and oxygen atoms in total. The molecule has 16 heavy (non-hydrogen) atoms. The van der Waals surface area contributed by atoms with Crippen molar-refractivity contribution in [3.05, 3.63) is 34.2 Å². The Morgan fingerprint density at radius 3 is 2.94 bits per heavy atom. The molecule has 0 amide bonds. The Morgan fingerprint density at radius 1 is 1.56 bits per heavy atom. The van der Waals surface area contributed by atoms with E-state index in [4.69, 9.17) is 0 Å². The second-order valence-corrected chi connectivity index (χ2v) is 4.65. The number of rotatable bonds is 5. The third kappa shape index (κ3) is 2.53. The van der Waals surface area contributed by atoms with Crippen LogP contribution in [0.3, 0.4) is 0 Å². The molecule has 1 atom stereocenters. The van der Waals surface area contributed by atoms with Gasteiger partial charge in [0.1, 0.15) is 0 Å². The van der Waals surface area contributed by atoms with E-state index in [1.165, 1.54) is 12.8 Å². The average Bonchev–Trinajstić information content (AvgIpc) is 3.07. The van der Waals surface area contributed by atoms with Crippen molar-refractivity contribution in [1.29, 1.82) is 0 Å². The fourth-order valence-electron chi connectivity index (χ4n) is 2.15. The number of likely N-dealkylation sites (N-methyl/N-ethyl adjacent to an activating group) is 1. The molecule has 1 unspecified atom stereocenters. The van der Waals surface area contributed by atoms with Crippen LogP contribution in [0.25, 0.3) is 0 Å². The molecule has 1 aliphatic carbocycles. The summed E-state index contributed by atoms with van der Waals surface area (Å²) in [6, 6.07) is 4.29. The first-order chi connectivity index (χ1) is 7.72. The SMILES string of the molecule is CCNC(Cn1cccc(C)c1=O)C1CC1. The van der Waals surface area contributed by atoms with Gasteiger partial charge in [-0.2, -0.15) is 0 Å². The minimum absolute atomic E-state index is 0.144. The lowest BCUT2D eigenvalue weighted by Crippen LogP contribution is -2.38. The molecule has 88 valence electrons. The van der Waals surface area contributed by atoms with Crippen molar-refractivity contribution in [1.82, 2.24) is 9.88 Å². The van der Waals surface area contributed by atoms with Gasteiger partial charge in [-0.05, 0) is 38.3 Å². The number of hydrogen-bond acceptors (Lipinski definition) is 2. The molecule has 0 saturated heterocycles. The first kappa shape index (κ1) is 11.4. The van der Waals surface area contributed by atoms with Gasteiger partial charge in [0, 0.05) is 24.3 Å². The van der Waals surface area contributed by atoms with Crippen molar-refractivity contribution < 1.29 is 0 Å². The molecule has 0 bridgehead atoms. The highest BCUT2D eigenvalue weighted by molar-refractivity contribution is 5.08. The van der Waals surface area contributed by atoms with E-state index in [0.29, 0.717) is 6.04 Å². The second kappa shape index (κ2) is 4.83. The Hall–Kier alpha value is -1.09. The predicted octanol–water partition coefficient (Wildman–Crippen LogP) is 1.54. The molecule has 0 spiro atoms. The number of aryl methyl sites for hydroxylation is 1. The van der Waals surface area contributed by atoms with E-state index in [-0.39, 0.29) is 5.56 Å². The summed E-state index contributed by atoms with van der Waals surface area (Å²) in [5, 5.41) is 3.48. The molecule has 1 fully saturated rings. The zero-order valence-corrected chi connectivity index (χ0v) is 10.1.